The maximum atomic E-state index is 13.2. The summed E-state index contributed by atoms with van der Waals surface area (Å²) in [5.74, 6) is -0.238. The Morgan fingerprint density at radius 3 is 2.85 bits per heavy atom. The summed E-state index contributed by atoms with van der Waals surface area (Å²) in [6.07, 6.45) is -2.37. The third-order valence-electron chi connectivity index (χ3n) is 4.16. The fourth-order valence-corrected chi connectivity index (χ4v) is 2.81. The average molecular weight is 385 g/mol. The molecule has 0 aromatic carbocycles. The molecule has 27 heavy (non-hydrogen) atoms. The second-order valence-electron chi connectivity index (χ2n) is 5.92. The third kappa shape index (κ3) is 4.13. The summed E-state index contributed by atoms with van der Waals surface area (Å²) in [6, 6.07) is 2.28. The lowest BCUT2D eigenvalue weighted by Gasteiger charge is -2.33. The number of nitrogens with two attached hydrogens (primary N) is 1. The van der Waals surface area contributed by atoms with E-state index >= 15 is 0 Å². The van der Waals surface area contributed by atoms with Gasteiger partial charge in [-0.3, -0.25) is 0 Å². The number of hydrogen-bond donors (Lipinski definition) is 1. The van der Waals surface area contributed by atoms with E-state index in [0.29, 0.717) is 5.56 Å². The van der Waals surface area contributed by atoms with Gasteiger partial charge in [0.2, 0.25) is 0 Å². The number of hydrogen-bond acceptors (Lipinski definition) is 7. The van der Waals surface area contributed by atoms with Crippen LogP contribution >= 0.6 is 0 Å². The number of ether oxygens (including phenoxy) is 2. The number of pyridine rings is 1. The molecule has 3 heterocycles. The second kappa shape index (κ2) is 7.43. The van der Waals surface area contributed by atoms with Crippen molar-refractivity contribution >= 4 is 17.7 Å². The number of methoxy groups -OCH3 is 1. The summed E-state index contributed by atoms with van der Waals surface area (Å²) in [4.78, 5) is 21.1. The Labute approximate surface area is 152 Å². The molecule has 1 atom stereocenters. The predicted octanol–water partition coefficient (Wildman–Crippen LogP) is 1.31. The van der Waals surface area contributed by atoms with Gasteiger partial charge in [-0.25, -0.2) is 14.8 Å². The van der Waals surface area contributed by atoms with Crippen LogP contribution in [0.5, 0.6) is 0 Å². The van der Waals surface area contributed by atoms with Gasteiger partial charge in [0.05, 0.1) is 26.8 Å². The number of halogens is 3. The first-order valence-corrected chi connectivity index (χ1v) is 8.07. The minimum absolute atomic E-state index is 0.0351. The molecular formula is C16H18F3N5O3. The molecule has 146 valence electrons. The minimum atomic E-state index is -4.59. The molecule has 0 bridgehead atoms. The number of rotatable bonds is 4. The summed E-state index contributed by atoms with van der Waals surface area (Å²) < 4.78 is 51.1. The van der Waals surface area contributed by atoms with Crippen molar-refractivity contribution in [2.75, 3.05) is 37.4 Å². The lowest BCUT2D eigenvalue weighted by atomic mass is 10.1. The first kappa shape index (κ1) is 19.0. The van der Waals surface area contributed by atoms with Gasteiger partial charge < -0.3 is 24.7 Å². The number of imidazole rings is 1. The normalized spacial score (nSPS) is 17.8. The fraction of sp³-hybridized carbons (Fsp3) is 0.438. The van der Waals surface area contributed by atoms with Gasteiger partial charge in [0.1, 0.15) is 11.5 Å². The van der Waals surface area contributed by atoms with Crippen LogP contribution in [0.2, 0.25) is 0 Å². The van der Waals surface area contributed by atoms with Gasteiger partial charge in [-0.05, 0) is 6.07 Å². The molecule has 0 unspecified atom stereocenters. The van der Waals surface area contributed by atoms with Gasteiger partial charge in [0, 0.05) is 24.5 Å². The zero-order valence-corrected chi connectivity index (χ0v) is 14.4. The molecule has 2 aromatic rings. The highest BCUT2D eigenvalue weighted by atomic mass is 19.4. The molecule has 1 aliphatic rings. The van der Waals surface area contributed by atoms with E-state index in [1.165, 1.54) is 19.4 Å². The Morgan fingerprint density at radius 2 is 2.22 bits per heavy atom. The van der Waals surface area contributed by atoms with Gasteiger partial charge in [-0.2, -0.15) is 13.2 Å². The van der Waals surface area contributed by atoms with E-state index in [2.05, 4.69) is 14.7 Å². The van der Waals surface area contributed by atoms with E-state index in [1.54, 1.807) is 15.7 Å². The van der Waals surface area contributed by atoms with Crippen LogP contribution < -0.4 is 10.6 Å². The maximum absolute atomic E-state index is 13.2. The van der Waals surface area contributed by atoms with Crippen LogP contribution in [-0.2, 0) is 27.0 Å². The maximum Gasteiger partial charge on any atom is 0.433 e. The third-order valence-corrected chi connectivity index (χ3v) is 4.16. The van der Waals surface area contributed by atoms with Crippen molar-refractivity contribution in [3.8, 4) is 0 Å². The summed E-state index contributed by atoms with van der Waals surface area (Å²) in [7, 11) is 1.22. The Hall–Kier alpha value is -2.82. The molecule has 1 saturated heterocycles. The van der Waals surface area contributed by atoms with Crippen LogP contribution in [0.15, 0.2) is 24.5 Å². The average Bonchev–Trinajstić information content (AvgIpc) is 3.05. The van der Waals surface area contributed by atoms with E-state index in [9.17, 15) is 18.0 Å². The quantitative estimate of drug-likeness (QED) is 0.793. The van der Waals surface area contributed by atoms with Gasteiger partial charge in [0.25, 0.3) is 0 Å². The molecular weight excluding hydrogens is 367 g/mol. The van der Waals surface area contributed by atoms with Crippen molar-refractivity contribution in [2.45, 2.75) is 18.8 Å². The monoisotopic (exact) mass is 385 g/mol. The molecule has 8 nitrogen and oxygen atoms in total. The fourth-order valence-electron chi connectivity index (χ4n) is 2.81. The first-order valence-electron chi connectivity index (χ1n) is 8.07. The van der Waals surface area contributed by atoms with Crippen molar-refractivity contribution in [1.29, 1.82) is 0 Å². The summed E-state index contributed by atoms with van der Waals surface area (Å²) in [6.45, 7) is 0.665. The Morgan fingerprint density at radius 1 is 1.44 bits per heavy atom. The standard InChI is InChI=1S/C16H18F3N5O3/c1-26-14(25)11-9-23(6-7-27-11)13-10(8-24-5-4-21-15(24)20)2-3-12(22-13)16(17,18)19/h2-5,11H,6-9H2,1H3,(H2,20,21)/t11-/m0/s1. The van der Waals surface area contributed by atoms with Crippen molar-refractivity contribution in [2.24, 2.45) is 0 Å². The van der Waals surface area contributed by atoms with Crippen LogP contribution in [0.25, 0.3) is 0 Å². The Kier molecular flexibility index (Phi) is 5.22. The molecule has 0 saturated carbocycles. The summed E-state index contributed by atoms with van der Waals surface area (Å²) >= 11 is 0. The molecule has 0 spiro atoms. The number of alkyl halides is 3. The van der Waals surface area contributed by atoms with E-state index in [4.69, 9.17) is 10.5 Å². The topological polar surface area (TPSA) is 95.5 Å². The molecule has 2 aromatic heterocycles. The largest absolute Gasteiger partial charge is 0.467 e. The zero-order valence-electron chi connectivity index (χ0n) is 14.4. The highest BCUT2D eigenvalue weighted by Gasteiger charge is 2.35. The predicted molar refractivity (Wildman–Crippen MR) is 88.9 cm³/mol. The van der Waals surface area contributed by atoms with Gasteiger partial charge in [-0.1, -0.05) is 6.07 Å². The number of morpholine rings is 1. The number of carbonyl (C=O) groups is 1. The van der Waals surface area contributed by atoms with E-state index in [0.717, 1.165) is 6.07 Å². The number of nitrogen functional groups attached to an aromatic ring is 1. The SMILES string of the molecule is COC(=O)[C@@H]1CN(c2nc(C(F)(F)F)ccc2Cn2ccnc2N)CCO1. The zero-order chi connectivity index (χ0) is 19.6. The van der Waals surface area contributed by atoms with Crippen molar-refractivity contribution in [3.05, 3.63) is 35.8 Å². The van der Waals surface area contributed by atoms with Gasteiger partial charge in [0.15, 0.2) is 12.1 Å². The van der Waals surface area contributed by atoms with Crippen LogP contribution in [-0.4, -0.2) is 53.4 Å². The Bertz CT molecular complexity index is 824. The second-order valence-corrected chi connectivity index (χ2v) is 5.92. The van der Waals surface area contributed by atoms with Gasteiger partial charge in [-0.15, -0.1) is 0 Å². The number of nitrogens with zero attached hydrogens (tertiary/aromatic N) is 4. The Balaban J connectivity index is 1.96. The molecule has 1 fully saturated rings. The lowest BCUT2D eigenvalue weighted by molar-refractivity contribution is -0.154. The number of esters is 1. The number of carbonyl (C=O) groups excluding carboxylic acids is 1. The molecule has 0 aliphatic carbocycles. The lowest BCUT2D eigenvalue weighted by Crippen LogP contribution is -2.47. The summed E-state index contributed by atoms with van der Waals surface area (Å²) in [5, 5.41) is 0. The molecule has 0 radical (unpaired) electrons. The number of aromatic nitrogens is 3. The van der Waals surface area contributed by atoms with Crippen LogP contribution in [0.4, 0.5) is 24.9 Å². The van der Waals surface area contributed by atoms with E-state index in [1.807, 2.05) is 0 Å². The smallest absolute Gasteiger partial charge is 0.433 e. The van der Waals surface area contributed by atoms with E-state index in [-0.39, 0.29) is 38.0 Å². The van der Waals surface area contributed by atoms with Crippen LogP contribution in [0.1, 0.15) is 11.3 Å². The highest BCUT2D eigenvalue weighted by molar-refractivity contribution is 5.75. The van der Waals surface area contributed by atoms with Crippen molar-refractivity contribution in [3.63, 3.8) is 0 Å². The minimum Gasteiger partial charge on any atom is -0.467 e. The van der Waals surface area contributed by atoms with Crippen molar-refractivity contribution < 1.29 is 27.4 Å². The highest BCUT2D eigenvalue weighted by Crippen LogP contribution is 2.31. The van der Waals surface area contributed by atoms with Crippen molar-refractivity contribution in [1.82, 2.24) is 14.5 Å². The summed E-state index contributed by atoms with van der Waals surface area (Å²) in [5.41, 5.74) is 5.25. The van der Waals surface area contributed by atoms with Crippen LogP contribution in [0, 0.1) is 0 Å². The molecule has 2 N–H and O–H groups in total. The van der Waals surface area contributed by atoms with Gasteiger partial charge >= 0.3 is 12.1 Å². The number of anilines is 2. The molecule has 1 aliphatic heterocycles. The first-order chi connectivity index (χ1) is 12.8. The van der Waals surface area contributed by atoms with E-state index < -0.39 is 23.9 Å². The van der Waals surface area contributed by atoms with Crippen LogP contribution in [0.3, 0.4) is 0 Å². The molecule has 3 rings (SSSR count). The molecule has 11 heteroatoms. The molecule has 0 amide bonds.